The van der Waals surface area contributed by atoms with Crippen molar-refractivity contribution in [3.8, 4) is 5.75 Å². The maximum atomic E-state index is 6.08. The van der Waals surface area contributed by atoms with E-state index in [-0.39, 0.29) is 0 Å². The molecule has 0 aliphatic heterocycles. The Morgan fingerprint density at radius 1 is 0.880 bits per heavy atom. The summed E-state index contributed by atoms with van der Waals surface area (Å²) in [5.74, 6) is 0.941. The number of nitrogens with one attached hydrogen (secondary N) is 1. The van der Waals surface area contributed by atoms with Crippen LogP contribution in [0.2, 0.25) is 0 Å². The monoisotopic (exact) mass is 331 g/mol. The molecule has 0 saturated heterocycles. The molecular formula is C23H25NO. The number of hydrogen-bond acceptors (Lipinski definition) is 2. The molecule has 3 rings (SSSR count). The fourth-order valence-corrected chi connectivity index (χ4v) is 2.88. The van der Waals surface area contributed by atoms with Crippen molar-refractivity contribution >= 4 is 0 Å². The summed E-state index contributed by atoms with van der Waals surface area (Å²) >= 11 is 0. The van der Waals surface area contributed by atoms with Crippen molar-refractivity contribution in [2.24, 2.45) is 0 Å². The van der Waals surface area contributed by atoms with Gasteiger partial charge in [-0.25, -0.2) is 0 Å². The van der Waals surface area contributed by atoms with Gasteiger partial charge in [0.15, 0.2) is 0 Å². The Balaban J connectivity index is 1.62. The largest absolute Gasteiger partial charge is 0.489 e. The van der Waals surface area contributed by atoms with Gasteiger partial charge in [-0.2, -0.15) is 0 Å². The lowest BCUT2D eigenvalue weighted by Gasteiger charge is -2.16. The molecule has 0 amide bonds. The second kappa shape index (κ2) is 8.50. The first kappa shape index (κ1) is 17.2. The summed E-state index contributed by atoms with van der Waals surface area (Å²) in [4.78, 5) is 0. The van der Waals surface area contributed by atoms with Gasteiger partial charge in [0, 0.05) is 18.2 Å². The van der Waals surface area contributed by atoms with Crippen molar-refractivity contribution in [1.29, 1.82) is 0 Å². The summed E-state index contributed by atoms with van der Waals surface area (Å²) in [6.07, 6.45) is 0. The van der Waals surface area contributed by atoms with Crippen LogP contribution in [-0.4, -0.2) is 0 Å². The maximum absolute atomic E-state index is 6.08. The predicted molar refractivity (Wildman–Crippen MR) is 104 cm³/mol. The fourth-order valence-electron chi connectivity index (χ4n) is 2.88. The zero-order valence-corrected chi connectivity index (χ0v) is 14.9. The summed E-state index contributed by atoms with van der Waals surface area (Å²) in [6.45, 7) is 5.66. The minimum atomic E-state index is 0.297. The third-order valence-corrected chi connectivity index (χ3v) is 4.35. The Morgan fingerprint density at radius 3 is 2.44 bits per heavy atom. The van der Waals surface area contributed by atoms with E-state index in [1.165, 1.54) is 22.3 Å². The molecule has 1 N–H and O–H groups in total. The molecule has 0 aromatic heterocycles. The van der Waals surface area contributed by atoms with Crippen molar-refractivity contribution in [1.82, 2.24) is 5.32 Å². The molecule has 25 heavy (non-hydrogen) atoms. The van der Waals surface area contributed by atoms with E-state index in [9.17, 15) is 0 Å². The van der Waals surface area contributed by atoms with E-state index in [2.05, 4.69) is 79.8 Å². The Morgan fingerprint density at radius 2 is 1.64 bits per heavy atom. The van der Waals surface area contributed by atoms with E-state index in [0.717, 1.165) is 12.3 Å². The Hall–Kier alpha value is -2.58. The summed E-state index contributed by atoms with van der Waals surface area (Å²) in [7, 11) is 0. The normalized spacial score (nSPS) is 11.9. The highest BCUT2D eigenvalue weighted by atomic mass is 16.5. The van der Waals surface area contributed by atoms with Crippen molar-refractivity contribution in [3.05, 3.63) is 101 Å². The van der Waals surface area contributed by atoms with Gasteiger partial charge in [0.05, 0.1) is 0 Å². The zero-order valence-electron chi connectivity index (χ0n) is 14.9. The number of para-hydroxylation sites is 1. The summed E-state index contributed by atoms with van der Waals surface area (Å²) in [6, 6.07) is 27.5. The quantitative estimate of drug-likeness (QED) is 0.624. The van der Waals surface area contributed by atoms with Crippen LogP contribution in [0, 0.1) is 6.92 Å². The van der Waals surface area contributed by atoms with E-state index >= 15 is 0 Å². The molecule has 2 nitrogen and oxygen atoms in total. The molecule has 1 atom stereocenters. The third-order valence-electron chi connectivity index (χ3n) is 4.35. The lowest BCUT2D eigenvalue weighted by molar-refractivity contribution is 0.301. The van der Waals surface area contributed by atoms with Gasteiger partial charge in [0.2, 0.25) is 0 Å². The molecule has 2 heteroatoms. The molecule has 0 heterocycles. The van der Waals surface area contributed by atoms with Crippen LogP contribution in [0.25, 0.3) is 0 Å². The highest BCUT2D eigenvalue weighted by Crippen LogP contribution is 2.21. The first-order chi connectivity index (χ1) is 12.2. The fraction of sp³-hybridized carbons (Fsp3) is 0.217. The molecule has 0 bridgehead atoms. The van der Waals surface area contributed by atoms with Gasteiger partial charge >= 0.3 is 0 Å². The average molecular weight is 331 g/mol. The van der Waals surface area contributed by atoms with Crippen molar-refractivity contribution in [2.75, 3.05) is 0 Å². The lowest BCUT2D eigenvalue weighted by Crippen LogP contribution is -2.18. The van der Waals surface area contributed by atoms with Crippen LogP contribution < -0.4 is 10.1 Å². The number of benzene rings is 3. The molecule has 0 saturated carbocycles. The van der Waals surface area contributed by atoms with Gasteiger partial charge in [0.1, 0.15) is 12.4 Å². The second-order valence-electron chi connectivity index (χ2n) is 6.40. The lowest BCUT2D eigenvalue weighted by atomic mass is 10.1. The molecule has 0 unspecified atom stereocenters. The number of hydrogen-bond donors (Lipinski definition) is 1. The van der Waals surface area contributed by atoms with Gasteiger partial charge in [-0.05, 0) is 31.0 Å². The average Bonchev–Trinajstić information content (AvgIpc) is 2.66. The molecule has 3 aromatic rings. The van der Waals surface area contributed by atoms with Crippen molar-refractivity contribution < 1.29 is 4.74 Å². The minimum absolute atomic E-state index is 0.297. The van der Waals surface area contributed by atoms with Gasteiger partial charge < -0.3 is 10.1 Å². The third kappa shape index (κ3) is 4.94. The highest BCUT2D eigenvalue weighted by Gasteiger charge is 2.07. The Bertz CT molecular complexity index is 798. The van der Waals surface area contributed by atoms with Crippen LogP contribution in [0.1, 0.15) is 35.2 Å². The van der Waals surface area contributed by atoms with Crippen LogP contribution >= 0.6 is 0 Å². The highest BCUT2D eigenvalue weighted by molar-refractivity contribution is 5.34. The van der Waals surface area contributed by atoms with Gasteiger partial charge in [-0.15, -0.1) is 0 Å². The van der Waals surface area contributed by atoms with E-state index in [1.807, 2.05) is 18.2 Å². The van der Waals surface area contributed by atoms with Crippen molar-refractivity contribution in [3.63, 3.8) is 0 Å². The minimum Gasteiger partial charge on any atom is -0.489 e. The van der Waals surface area contributed by atoms with Gasteiger partial charge in [-0.1, -0.05) is 78.4 Å². The SMILES string of the molecule is Cc1cccc(COc2ccccc2CN[C@@H](C)c2ccccc2)c1. The van der Waals surface area contributed by atoms with Crippen LogP contribution in [0.3, 0.4) is 0 Å². The van der Waals surface area contributed by atoms with Crippen LogP contribution in [0.5, 0.6) is 5.75 Å². The molecule has 0 spiro atoms. The van der Waals surface area contributed by atoms with Gasteiger partial charge in [0.25, 0.3) is 0 Å². The van der Waals surface area contributed by atoms with Crippen LogP contribution in [0.4, 0.5) is 0 Å². The number of ether oxygens (including phenoxy) is 1. The topological polar surface area (TPSA) is 21.3 Å². The molecule has 3 aromatic carbocycles. The molecule has 0 fully saturated rings. The first-order valence-corrected chi connectivity index (χ1v) is 8.77. The summed E-state index contributed by atoms with van der Waals surface area (Å²) < 4.78 is 6.08. The van der Waals surface area contributed by atoms with Crippen LogP contribution in [0.15, 0.2) is 78.9 Å². The number of rotatable bonds is 7. The second-order valence-corrected chi connectivity index (χ2v) is 6.40. The van der Waals surface area contributed by atoms with E-state index in [0.29, 0.717) is 12.6 Å². The van der Waals surface area contributed by atoms with E-state index < -0.39 is 0 Å². The first-order valence-electron chi connectivity index (χ1n) is 8.77. The van der Waals surface area contributed by atoms with E-state index in [4.69, 9.17) is 4.74 Å². The molecule has 0 aliphatic carbocycles. The van der Waals surface area contributed by atoms with Gasteiger partial charge in [-0.3, -0.25) is 0 Å². The predicted octanol–water partition coefficient (Wildman–Crippen LogP) is 5.42. The molecule has 128 valence electrons. The molecular weight excluding hydrogens is 306 g/mol. The number of aryl methyl sites for hydroxylation is 1. The summed E-state index contributed by atoms with van der Waals surface area (Å²) in [5, 5.41) is 3.58. The van der Waals surface area contributed by atoms with E-state index in [1.54, 1.807) is 0 Å². The Labute approximate surface area is 150 Å². The van der Waals surface area contributed by atoms with Crippen molar-refractivity contribution in [2.45, 2.75) is 33.0 Å². The Kier molecular flexibility index (Phi) is 5.86. The summed E-state index contributed by atoms with van der Waals surface area (Å²) in [5.41, 5.74) is 4.92. The molecule has 0 radical (unpaired) electrons. The standard InChI is InChI=1S/C23H25NO/c1-18-9-8-10-20(15-18)17-25-23-14-7-6-13-22(23)16-24-19(2)21-11-4-3-5-12-21/h3-15,19,24H,16-17H2,1-2H3/t19-/m0/s1. The zero-order chi connectivity index (χ0) is 17.5. The smallest absolute Gasteiger partial charge is 0.124 e. The molecule has 0 aliphatic rings. The maximum Gasteiger partial charge on any atom is 0.124 e. The van der Waals surface area contributed by atoms with Crippen LogP contribution in [-0.2, 0) is 13.2 Å².